The molecule has 1 aliphatic heterocycles. The number of benzene rings is 1. The zero-order chi connectivity index (χ0) is 17.5. The van der Waals surface area contributed by atoms with Crippen molar-refractivity contribution in [1.29, 1.82) is 0 Å². The Balaban J connectivity index is 1.65. The number of piperidine rings is 1. The summed E-state index contributed by atoms with van der Waals surface area (Å²) in [7, 11) is 1.66. The lowest BCUT2D eigenvalue weighted by atomic mass is 9.78. The lowest BCUT2D eigenvalue weighted by Gasteiger charge is -2.35. The molecule has 5 heteroatoms. The third-order valence-corrected chi connectivity index (χ3v) is 4.83. The molecule has 1 aromatic carbocycles. The van der Waals surface area contributed by atoms with E-state index >= 15 is 0 Å². The van der Waals surface area contributed by atoms with Gasteiger partial charge in [0.2, 0.25) is 5.91 Å². The van der Waals surface area contributed by atoms with Crippen molar-refractivity contribution < 1.29 is 9.53 Å². The molecule has 1 aromatic heterocycles. The number of anilines is 1. The van der Waals surface area contributed by atoms with Gasteiger partial charge in [-0.2, -0.15) is 0 Å². The molecule has 132 valence electrons. The zero-order valence-corrected chi connectivity index (χ0v) is 14.6. The molecule has 25 heavy (non-hydrogen) atoms. The smallest absolute Gasteiger partial charge is 0.233 e. The molecule has 0 saturated carbocycles. The SMILES string of the molecule is COCC1(C(=O)Nc2ccc(Cc3ccncc3)cc2)CCNCC1. The summed E-state index contributed by atoms with van der Waals surface area (Å²) in [5, 5.41) is 6.38. The van der Waals surface area contributed by atoms with Gasteiger partial charge in [0.1, 0.15) is 0 Å². The van der Waals surface area contributed by atoms with Crippen LogP contribution in [0.2, 0.25) is 0 Å². The first-order chi connectivity index (χ1) is 12.2. The number of carbonyl (C=O) groups excluding carboxylic acids is 1. The highest BCUT2D eigenvalue weighted by atomic mass is 16.5. The lowest BCUT2D eigenvalue weighted by Crippen LogP contribution is -2.47. The standard InChI is InChI=1S/C20H25N3O2/c1-25-15-20(8-12-22-13-9-20)19(24)23-18-4-2-16(3-5-18)14-17-6-10-21-11-7-17/h2-7,10-11,22H,8-9,12-15H2,1H3,(H,23,24). The predicted octanol–water partition coefficient (Wildman–Crippen LogP) is 2.63. The van der Waals surface area contributed by atoms with E-state index in [0.29, 0.717) is 6.61 Å². The second kappa shape index (κ2) is 8.23. The number of pyridine rings is 1. The summed E-state index contributed by atoms with van der Waals surface area (Å²) in [6, 6.07) is 12.1. The fraction of sp³-hybridized carbons (Fsp3) is 0.400. The topological polar surface area (TPSA) is 63.2 Å². The van der Waals surface area contributed by atoms with Crippen LogP contribution in [0.1, 0.15) is 24.0 Å². The lowest BCUT2D eigenvalue weighted by molar-refractivity contribution is -0.130. The first kappa shape index (κ1) is 17.6. The molecule has 1 fully saturated rings. The minimum Gasteiger partial charge on any atom is -0.384 e. The van der Waals surface area contributed by atoms with Crippen LogP contribution in [-0.4, -0.2) is 37.7 Å². The Kier molecular flexibility index (Phi) is 5.79. The van der Waals surface area contributed by atoms with Gasteiger partial charge >= 0.3 is 0 Å². The Labute approximate surface area is 148 Å². The van der Waals surface area contributed by atoms with E-state index < -0.39 is 5.41 Å². The van der Waals surface area contributed by atoms with E-state index in [4.69, 9.17) is 4.74 Å². The first-order valence-corrected chi connectivity index (χ1v) is 8.71. The van der Waals surface area contributed by atoms with Gasteiger partial charge in [0.15, 0.2) is 0 Å². The number of ether oxygens (including phenoxy) is 1. The van der Waals surface area contributed by atoms with Gasteiger partial charge in [0.05, 0.1) is 12.0 Å². The minimum atomic E-state index is -0.435. The van der Waals surface area contributed by atoms with Crippen LogP contribution >= 0.6 is 0 Å². The number of hydrogen-bond acceptors (Lipinski definition) is 4. The molecule has 0 spiro atoms. The third kappa shape index (κ3) is 4.44. The molecular formula is C20H25N3O2. The van der Waals surface area contributed by atoms with E-state index in [-0.39, 0.29) is 5.91 Å². The summed E-state index contributed by atoms with van der Waals surface area (Å²) in [6.07, 6.45) is 6.06. The summed E-state index contributed by atoms with van der Waals surface area (Å²) in [4.78, 5) is 16.9. The van der Waals surface area contributed by atoms with E-state index in [0.717, 1.165) is 38.0 Å². The number of rotatable bonds is 6. The van der Waals surface area contributed by atoms with E-state index in [1.165, 1.54) is 11.1 Å². The molecule has 2 N–H and O–H groups in total. The van der Waals surface area contributed by atoms with Crippen LogP contribution in [0, 0.1) is 5.41 Å². The average Bonchev–Trinajstić information content (AvgIpc) is 2.65. The van der Waals surface area contributed by atoms with Crippen molar-refractivity contribution in [2.45, 2.75) is 19.3 Å². The van der Waals surface area contributed by atoms with Crippen LogP contribution in [0.5, 0.6) is 0 Å². The normalized spacial score (nSPS) is 16.4. The number of methoxy groups -OCH3 is 1. The summed E-state index contributed by atoms with van der Waals surface area (Å²) in [5.41, 5.74) is 2.83. The van der Waals surface area contributed by atoms with E-state index in [9.17, 15) is 4.79 Å². The summed E-state index contributed by atoms with van der Waals surface area (Å²) < 4.78 is 5.34. The van der Waals surface area contributed by atoms with Crippen molar-refractivity contribution >= 4 is 11.6 Å². The second-order valence-electron chi connectivity index (χ2n) is 6.65. The summed E-state index contributed by atoms with van der Waals surface area (Å²) in [6.45, 7) is 2.16. The number of hydrogen-bond donors (Lipinski definition) is 2. The molecule has 1 aliphatic rings. The van der Waals surface area contributed by atoms with Crippen LogP contribution in [-0.2, 0) is 16.0 Å². The van der Waals surface area contributed by atoms with Crippen molar-refractivity contribution in [3.63, 3.8) is 0 Å². The molecule has 3 rings (SSSR count). The van der Waals surface area contributed by atoms with Crippen LogP contribution in [0.15, 0.2) is 48.8 Å². The van der Waals surface area contributed by atoms with Crippen molar-refractivity contribution in [3.05, 3.63) is 59.9 Å². The van der Waals surface area contributed by atoms with Crippen molar-refractivity contribution in [2.75, 3.05) is 32.1 Å². The molecule has 5 nitrogen and oxygen atoms in total. The summed E-state index contributed by atoms with van der Waals surface area (Å²) >= 11 is 0. The van der Waals surface area contributed by atoms with Gasteiger partial charge < -0.3 is 15.4 Å². The van der Waals surface area contributed by atoms with Gasteiger partial charge in [0, 0.05) is 25.2 Å². The van der Waals surface area contributed by atoms with Gasteiger partial charge in [-0.25, -0.2) is 0 Å². The number of nitrogens with zero attached hydrogens (tertiary/aromatic N) is 1. The highest BCUT2D eigenvalue weighted by molar-refractivity contribution is 5.95. The highest BCUT2D eigenvalue weighted by Gasteiger charge is 2.39. The van der Waals surface area contributed by atoms with Crippen molar-refractivity contribution in [3.8, 4) is 0 Å². The van der Waals surface area contributed by atoms with Gasteiger partial charge in [0.25, 0.3) is 0 Å². The Morgan fingerprint density at radius 3 is 2.40 bits per heavy atom. The summed E-state index contributed by atoms with van der Waals surface area (Å²) in [5.74, 6) is 0.0535. The molecule has 2 aromatic rings. The fourth-order valence-electron chi connectivity index (χ4n) is 3.32. The van der Waals surface area contributed by atoms with Crippen molar-refractivity contribution in [1.82, 2.24) is 10.3 Å². The Morgan fingerprint density at radius 1 is 1.12 bits per heavy atom. The zero-order valence-electron chi connectivity index (χ0n) is 14.6. The van der Waals surface area contributed by atoms with Crippen LogP contribution in [0.25, 0.3) is 0 Å². The monoisotopic (exact) mass is 339 g/mol. The maximum Gasteiger partial charge on any atom is 0.233 e. The van der Waals surface area contributed by atoms with Crippen molar-refractivity contribution in [2.24, 2.45) is 5.41 Å². The molecule has 1 amide bonds. The number of carbonyl (C=O) groups is 1. The molecule has 0 aliphatic carbocycles. The van der Waals surface area contributed by atoms with Crippen LogP contribution < -0.4 is 10.6 Å². The maximum absolute atomic E-state index is 12.8. The van der Waals surface area contributed by atoms with E-state index in [1.54, 1.807) is 19.5 Å². The maximum atomic E-state index is 12.8. The second-order valence-corrected chi connectivity index (χ2v) is 6.65. The van der Waals surface area contributed by atoms with Gasteiger partial charge in [-0.3, -0.25) is 9.78 Å². The molecule has 0 bridgehead atoms. The number of amides is 1. The van der Waals surface area contributed by atoms with Crippen LogP contribution in [0.4, 0.5) is 5.69 Å². The minimum absolute atomic E-state index is 0.0535. The molecule has 1 saturated heterocycles. The first-order valence-electron chi connectivity index (χ1n) is 8.71. The largest absolute Gasteiger partial charge is 0.384 e. The molecule has 0 unspecified atom stereocenters. The molecular weight excluding hydrogens is 314 g/mol. The Bertz CT molecular complexity index is 674. The average molecular weight is 339 g/mol. The quantitative estimate of drug-likeness (QED) is 0.849. The fourth-order valence-corrected chi connectivity index (χ4v) is 3.32. The Hall–Kier alpha value is -2.24. The van der Waals surface area contributed by atoms with E-state index in [1.807, 2.05) is 24.3 Å². The van der Waals surface area contributed by atoms with Crippen LogP contribution in [0.3, 0.4) is 0 Å². The van der Waals surface area contributed by atoms with Gasteiger partial charge in [-0.15, -0.1) is 0 Å². The number of nitrogens with one attached hydrogen (secondary N) is 2. The Morgan fingerprint density at radius 2 is 1.76 bits per heavy atom. The van der Waals surface area contributed by atoms with Gasteiger partial charge in [-0.05, 0) is 67.7 Å². The van der Waals surface area contributed by atoms with Gasteiger partial charge in [-0.1, -0.05) is 12.1 Å². The molecule has 2 heterocycles. The highest BCUT2D eigenvalue weighted by Crippen LogP contribution is 2.31. The number of aromatic nitrogens is 1. The molecule has 0 atom stereocenters. The van der Waals surface area contributed by atoms with E-state index in [2.05, 4.69) is 27.8 Å². The predicted molar refractivity (Wildman–Crippen MR) is 98.5 cm³/mol. The molecule has 0 radical (unpaired) electrons. The third-order valence-electron chi connectivity index (χ3n) is 4.83.